The van der Waals surface area contributed by atoms with Crippen LogP contribution in [0, 0.1) is 13.8 Å². The van der Waals surface area contributed by atoms with Gasteiger partial charge in [0, 0.05) is 19.0 Å². The van der Waals surface area contributed by atoms with Crippen molar-refractivity contribution in [1.29, 1.82) is 0 Å². The second-order valence-electron chi connectivity index (χ2n) is 7.93. The number of aliphatic imine (C=N–C) groups is 1. The Labute approximate surface area is 171 Å². The van der Waals surface area contributed by atoms with Crippen LogP contribution in [0.15, 0.2) is 71.3 Å². The maximum atomic E-state index is 13.3. The van der Waals surface area contributed by atoms with E-state index in [-0.39, 0.29) is 5.91 Å². The summed E-state index contributed by atoms with van der Waals surface area (Å²) in [5.41, 5.74) is 7.00. The first-order valence-corrected chi connectivity index (χ1v) is 10.0. The van der Waals surface area contributed by atoms with E-state index in [1.807, 2.05) is 50.4 Å². The number of benzene rings is 2. The number of carbonyl (C=O) groups is 1. The highest BCUT2D eigenvalue weighted by Crippen LogP contribution is 2.31. The zero-order valence-electron chi connectivity index (χ0n) is 17.1. The number of rotatable bonds is 3. The quantitative estimate of drug-likeness (QED) is 0.869. The number of hydrogen-bond acceptors (Lipinski definition) is 3. The summed E-state index contributed by atoms with van der Waals surface area (Å²) in [6.07, 6.45) is 6.36. The van der Waals surface area contributed by atoms with Gasteiger partial charge in [0.15, 0.2) is 0 Å². The molecule has 0 aromatic heterocycles. The van der Waals surface area contributed by atoms with E-state index in [1.165, 1.54) is 5.56 Å². The zero-order chi connectivity index (χ0) is 20.5. The van der Waals surface area contributed by atoms with E-state index in [1.54, 1.807) is 11.0 Å². The number of likely N-dealkylation sites (N-methyl/N-ethyl adjacent to an activating group) is 1. The van der Waals surface area contributed by atoms with Crippen LogP contribution in [0.3, 0.4) is 0 Å². The van der Waals surface area contributed by atoms with Crippen molar-refractivity contribution in [3.05, 3.63) is 88.5 Å². The lowest BCUT2D eigenvalue weighted by molar-refractivity contribution is -0.119. The Kier molecular flexibility index (Phi) is 5.20. The minimum atomic E-state index is -0.495. The molecular weight excluding hydrogens is 360 g/mol. The molecule has 2 aliphatic rings. The maximum absolute atomic E-state index is 13.3. The fourth-order valence-corrected chi connectivity index (χ4v) is 3.96. The molecule has 148 valence electrons. The summed E-state index contributed by atoms with van der Waals surface area (Å²) >= 11 is 0. The molecule has 2 atom stereocenters. The average molecular weight is 386 g/mol. The Morgan fingerprint density at radius 2 is 1.93 bits per heavy atom. The van der Waals surface area contributed by atoms with E-state index in [9.17, 15) is 9.90 Å². The molecule has 0 spiro atoms. The number of carbonyl (C=O) groups excluding carboxylic acids is 1. The van der Waals surface area contributed by atoms with E-state index >= 15 is 0 Å². The topological polar surface area (TPSA) is 52.9 Å². The third-order valence-corrected chi connectivity index (χ3v) is 5.53. The maximum Gasteiger partial charge on any atom is 0.251 e. The molecule has 2 aromatic rings. The van der Waals surface area contributed by atoms with Crippen molar-refractivity contribution in [2.45, 2.75) is 38.8 Å². The molecule has 1 aliphatic heterocycles. The first-order chi connectivity index (χ1) is 13.9. The summed E-state index contributed by atoms with van der Waals surface area (Å²) in [5, 5.41) is 9.84. The van der Waals surface area contributed by atoms with Crippen LogP contribution in [0.4, 0.5) is 5.69 Å². The van der Waals surface area contributed by atoms with Crippen molar-refractivity contribution in [3.8, 4) is 0 Å². The smallest absolute Gasteiger partial charge is 0.251 e. The van der Waals surface area contributed by atoms with Crippen LogP contribution in [0.2, 0.25) is 0 Å². The Bertz CT molecular complexity index is 1050. The van der Waals surface area contributed by atoms with Crippen molar-refractivity contribution in [3.63, 3.8) is 0 Å². The second-order valence-corrected chi connectivity index (χ2v) is 7.93. The van der Waals surface area contributed by atoms with E-state index in [0.29, 0.717) is 12.8 Å². The number of anilines is 1. The minimum absolute atomic E-state index is 0.00738. The zero-order valence-corrected chi connectivity index (χ0v) is 17.1. The lowest BCUT2D eigenvalue weighted by Gasteiger charge is -2.21. The van der Waals surface area contributed by atoms with Crippen LogP contribution >= 0.6 is 0 Å². The summed E-state index contributed by atoms with van der Waals surface area (Å²) in [5.74, 6) is -0.00738. The average Bonchev–Trinajstić information content (AvgIpc) is 2.79. The minimum Gasteiger partial charge on any atom is -0.389 e. The third-order valence-electron chi connectivity index (χ3n) is 5.53. The molecule has 0 saturated carbocycles. The molecular formula is C25H26N2O2. The molecule has 1 aliphatic carbocycles. The van der Waals surface area contributed by atoms with E-state index in [4.69, 9.17) is 4.99 Å². The predicted molar refractivity (Wildman–Crippen MR) is 118 cm³/mol. The molecule has 4 heteroatoms. The van der Waals surface area contributed by atoms with Gasteiger partial charge in [-0.2, -0.15) is 0 Å². The number of hydrogen-bond donors (Lipinski definition) is 1. The molecule has 1 amide bonds. The van der Waals surface area contributed by atoms with Gasteiger partial charge in [0.25, 0.3) is 5.91 Å². The van der Waals surface area contributed by atoms with Gasteiger partial charge in [-0.3, -0.25) is 9.79 Å². The van der Waals surface area contributed by atoms with E-state index in [2.05, 4.69) is 25.1 Å². The first-order valence-electron chi connectivity index (χ1n) is 10.0. The Morgan fingerprint density at radius 1 is 1.14 bits per heavy atom. The second kappa shape index (κ2) is 7.80. The summed E-state index contributed by atoms with van der Waals surface area (Å²) in [6, 6.07) is 13.9. The third kappa shape index (κ3) is 3.94. The highest BCUT2D eigenvalue weighted by atomic mass is 16.3. The number of aryl methyl sites for hydroxylation is 2. The highest BCUT2D eigenvalue weighted by molar-refractivity contribution is 6.21. The van der Waals surface area contributed by atoms with Crippen LogP contribution in [0.1, 0.15) is 28.7 Å². The van der Waals surface area contributed by atoms with Crippen molar-refractivity contribution in [1.82, 2.24) is 0 Å². The van der Waals surface area contributed by atoms with Gasteiger partial charge in [0.2, 0.25) is 0 Å². The first kappa shape index (κ1) is 19.3. The van der Waals surface area contributed by atoms with Gasteiger partial charge in [0.05, 0.1) is 17.5 Å². The SMILES string of the molecule is Cc1cccc(CC2N=C(C3=CCC(O)C=C3)c3cc(C)ccc3N(C)C2=O)c1. The van der Waals surface area contributed by atoms with Gasteiger partial charge in [-0.25, -0.2) is 0 Å². The van der Waals surface area contributed by atoms with Crippen LogP contribution in [0.25, 0.3) is 0 Å². The number of benzodiazepines with no additional fused rings is 1. The number of allylic oxidation sites excluding steroid dienone is 2. The molecule has 4 rings (SSSR count). The summed E-state index contributed by atoms with van der Waals surface area (Å²) in [7, 11) is 1.83. The molecule has 2 aromatic carbocycles. The molecule has 0 fully saturated rings. The van der Waals surface area contributed by atoms with Crippen LogP contribution < -0.4 is 4.90 Å². The normalized spacial score (nSPS) is 21.4. The monoisotopic (exact) mass is 386 g/mol. The lowest BCUT2D eigenvalue weighted by atomic mass is 9.94. The lowest BCUT2D eigenvalue weighted by Crippen LogP contribution is -2.36. The van der Waals surface area contributed by atoms with Gasteiger partial charge in [-0.05, 0) is 43.5 Å². The van der Waals surface area contributed by atoms with Crippen LogP contribution in [-0.4, -0.2) is 35.9 Å². The molecule has 29 heavy (non-hydrogen) atoms. The number of aliphatic hydroxyl groups is 1. The van der Waals surface area contributed by atoms with Gasteiger partial charge < -0.3 is 10.0 Å². The Morgan fingerprint density at radius 3 is 2.66 bits per heavy atom. The standard InChI is InChI=1S/C25H26N2O2/c1-16-5-4-6-18(13-16)15-22-25(29)27(3)23-12-7-17(2)14-21(23)24(26-22)19-8-10-20(28)11-9-19/h4-10,12-14,20,22,28H,11,15H2,1-3H3. The molecule has 0 radical (unpaired) electrons. The molecule has 0 saturated heterocycles. The van der Waals surface area contributed by atoms with Crippen molar-refractivity contribution >= 4 is 17.3 Å². The number of nitrogens with zero attached hydrogens (tertiary/aromatic N) is 2. The largest absolute Gasteiger partial charge is 0.389 e. The van der Waals surface area contributed by atoms with E-state index < -0.39 is 12.1 Å². The predicted octanol–water partition coefficient (Wildman–Crippen LogP) is 3.93. The van der Waals surface area contributed by atoms with Gasteiger partial charge in [-0.1, -0.05) is 59.7 Å². The van der Waals surface area contributed by atoms with Gasteiger partial charge in [0.1, 0.15) is 6.04 Å². The Hall–Kier alpha value is -2.98. The summed E-state index contributed by atoms with van der Waals surface area (Å²) in [6.45, 7) is 4.10. The summed E-state index contributed by atoms with van der Waals surface area (Å²) in [4.78, 5) is 20.0. The molecule has 4 nitrogen and oxygen atoms in total. The van der Waals surface area contributed by atoms with Crippen molar-refractivity contribution < 1.29 is 9.90 Å². The number of aliphatic hydroxyl groups excluding tert-OH is 1. The highest BCUT2D eigenvalue weighted by Gasteiger charge is 2.30. The number of amides is 1. The summed E-state index contributed by atoms with van der Waals surface area (Å²) < 4.78 is 0. The number of fused-ring (bicyclic) bond motifs is 1. The van der Waals surface area contributed by atoms with Crippen LogP contribution in [0.5, 0.6) is 0 Å². The fourth-order valence-electron chi connectivity index (χ4n) is 3.96. The molecule has 1 N–H and O–H groups in total. The van der Waals surface area contributed by atoms with Crippen molar-refractivity contribution in [2.24, 2.45) is 4.99 Å². The Balaban J connectivity index is 1.83. The van der Waals surface area contributed by atoms with Crippen LogP contribution in [-0.2, 0) is 11.2 Å². The molecule has 0 bridgehead atoms. The molecule has 2 unspecified atom stereocenters. The van der Waals surface area contributed by atoms with Gasteiger partial charge >= 0.3 is 0 Å². The van der Waals surface area contributed by atoms with Gasteiger partial charge in [-0.15, -0.1) is 0 Å². The van der Waals surface area contributed by atoms with E-state index in [0.717, 1.165) is 33.7 Å². The molecule has 1 heterocycles. The van der Waals surface area contributed by atoms with Crippen molar-refractivity contribution in [2.75, 3.05) is 11.9 Å². The fraction of sp³-hybridized carbons (Fsp3) is 0.280.